The molecule has 0 bridgehead atoms. The van der Waals surface area contributed by atoms with Gasteiger partial charge in [0.2, 0.25) is 0 Å². The highest BCUT2D eigenvalue weighted by Gasteiger charge is 2.32. The van der Waals surface area contributed by atoms with E-state index >= 15 is 0 Å². The highest BCUT2D eigenvalue weighted by molar-refractivity contribution is 5.33. The molecule has 0 atom stereocenters. The SMILES string of the molecule is FC(F)(F)c1ccc(NCCCNC2CCCCC2)nn1. The number of anilines is 1. The Balaban J connectivity index is 1.62. The first kappa shape index (κ1) is 16.0. The van der Waals surface area contributed by atoms with Gasteiger partial charge in [-0.15, -0.1) is 10.2 Å². The van der Waals surface area contributed by atoms with Crippen LogP contribution >= 0.6 is 0 Å². The molecule has 1 aromatic heterocycles. The third-order valence-electron chi connectivity index (χ3n) is 3.65. The van der Waals surface area contributed by atoms with Gasteiger partial charge in [-0.2, -0.15) is 13.2 Å². The summed E-state index contributed by atoms with van der Waals surface area (Å²) in [6.45, 7) is 1.57. The molecule has 1 saturated carbocycles. The lowest BCUT2D eigenvalue weighted by molar-refractivity contribution is -0.141. The maximum absolute atomic E-state index is 12.3. The first-order chi connectivity index (χ1) is 10.1. The first-order valence-corrected chi connectivity index (χ1v) is 7.44. The lowest BCUT2D eigenvalue weighted by Crippen LogP contribution is -2.32. The predicted octanol–water partition coefficient (Wildman–Crippen LogP) is 3.22. The number of halogens is 3. The third kappa shape index (κ3) is 5.49. The monoisotopic (exact) mass is 302 g/mol. The number of nitrogens with one attached hydrogen (secondary N) is 2. The fraction of sp³-hybridized carbons (Fsp3) is 0.714. The van der Waals surface area contributed by atoms with Crippen molar-refractivity contribution in [3.05, 3.63) is 17.8 Å². The van der Waals surface area contributed by atoms with Crippen molar-refractivity contribution in [3.63, 3.8) is 0 Å². The van der Waals surface area contributed by atoms with Gasteiger partial charge in [-0.05, 0) is 37.9 Å². The molecular weight excluding hydrogens is 281 g/mol. The molecule has 0 radical (unpaired) electrons. The molecule has 1 fully saturated rings. The van der Waals surface area contributed by atoms with Crippen LogP contribution in [0.5, 0.6) is 0 Å². The summed E-state index contributed by atoms with van der Waals surface area (Å²) < 4.78 is 37.0. The number of alkyl halides is 3. The van der Waals surface area contributed by atoms with Crippen LogP contribution in [-0.4, -0.2) is 29.3 Å². The minimum absolute atomic E-state index is 0.376. The van der Waals surface area contributed by atoms with Crippen molar-refractivity contribution >= 4 is 5.82 Å². The van der Waals surface area contributed by atoms with E-state index in [0.29, 0.717) is 18.4 Å². The van der Waals surface area contributed by atoms with Crippen LogP contribution in [0.3, 0.4) is 0 Å². The summed E-state index contributed by atoms with van der Waals surface area (Å²) in [4.78, 5) is 0. The van der Waals surface area contributed by atoms with Crippen LogP contribution in [-0.2, 0) is 6.18 Å². The molecule has 4 nitrogen and oxygen atoms in total. The quantitative estimate of drug-likeness (QED) is 0.792. The molecule has 21 heavy (non-hydrogen) atoms. The second-order valence-electron chi connectivity index (χ2n) is 5.37. The smallest absolute Gasteiger partial charge is 0.369 e. The van der Waals surface area contributed by atoms with Crippen molar-refractivity contribution in [1.82, 2.24) is 15.5 Å². The molecule has 1 aliphatic carbocycles. The van der Waals surface area contributed by atoms with Gasteiger partial charge in [0.15, 0.2) is 5.69 Å². The van der Waals surface area contributed by atoms with E-state index in [4.69, 9.17) is 0 Å². The molecule has 0 aliphatic heterocycles. The van der Waals surface area contributed by atoms with Gasteiger partial charge in [-0.3, -0.25) is 0 Å². The van der Waals surface area contributed by atoms with E-state index in [1.165, 1.54) is 38.2 Å². The molecule has 1 heterocycles. The topological polar surface area (TPSA) is 49.8 Å². The van der Waals surface area contributed by atoms with Crippen LogP contribution < -0.4 is 10.6 Å². The minimum atomic E-state index is -4.44. The van der Waals surface area contributed by atoms with E-state index in [1.807, 2.05) is 0 Å². The largest absolute Gasteiger partial charge is 0.435 e. The molecule has 2 N–H and O–H groups in total. The minimum Gasteiger partial charge on any atom is -0.369 e. The molecule has 1 aliphatic rings. The Hall–Kier alpha value is -1.37. The Morgan fingerprint density at radius 3 is 2.43 bits per heavy atom. The fourth-order valence-corrected chi connectivity index (χ4v) is 2.50. The van der Waals surface area contributed by atoms with Gasteiger partial charge in [0.25, 0.3) is 0 Å². The number of aromatic nitrogens is 2. The number of hydrogen-bond acceptors (Lipinski definition) is 4. The second-order valence-corrected chi connectivity index (χ2v) is 5.37. The summed E-state index contributed by atoms with van der Waals surface area (Å²) >= 11 is 0. The van der Waals surface area contributed by atoms with E-state index in [2.05, 4.69) is 20.8 Å². The van der Waals surface area contributed by atoms with E-state index in [1.54, 1.807) is 0 Å². The Kier molecular flexibility index (Phi) is 5.78. The standard InChI is InChI=1S/C14H21F3N4/c15-14(16,17)12-7-8-13(21-20-12)19-10-4-9-18-11-5-2-1-3-6-11/h7-8,11,18H,1-6,9-10H2,(H,19,21). The lowest BCUT2D eigenvalue weighted by atomic mass is 9.95. The summed E-state index contributed by atoms with van der Waals surface area (Å²) in [6.07, 6.45) is 2.91. The zero-order valence-electron chi connectivity index (χ0n) is 11.9. The van der Waals surface area contributed by atoms with Crippen molar-refractivity contribution in [1.29, 1.82) is 0 Å². The number of nitrogens with zero attached hydrogens (tertiary/aromatic N) is 2. The maximum Gasteiger partial charge on any atom is 0.435 e. The average Bonchev–Trinajstić information content (AvgIpc) is 2.47. The lowest BCUT2D eigenvalue weighted by Gasteiger charge is -2.22. The zero-order chi connectivity index (χ0) is 15.1. The maximum atomic E-state index is 12.3. The molecule has 7 heteroatoms. The highest BCUT2D eigenvalue weighted by atomic mass is 19.4. The van der Waals surface area contributed by atoms with Crippen molar-refractivity contribution in [2.24, 2.45) is 0 Å². The summed E-state index contributed by atoms with van der Waals surface area (Å²) in [5, 5.41) is 13.2. The third-order valence-corrected chi connectivity index (χ3v) is 3.65. The van der Waals surface area contributed by atoms with Crippen molar-refractivity contribution < 1.29 is 13.2 Å². The summed E-state index contributed by atoms with van der Waals surface area (Å²) in [7, 11) is 0. The average molecular weight is 302 g/mol. The number of hydrogen-bond donors (Lipinski definition) is 2. The van der Waals surface area contributed by atoms with Gasteiger partial charge in [0.05, 0.1) is 0 Å². The molecule has 0 aromatic carbocycles. The molecule has 118 valence electrons. The normalized spacial score (nSPS) is 16.9. The molecule has 0 saturated heterocycles. The van der Waals surface area contributed by atoms with Crippen LogP contribution in [0.1, 0.15) is 44.2 Å². The van der Waals surface area contributed by atoms with E-state index in [0.717, 1.165) is 19.0 Å². The van der Waals surface area contributed by atoms with Crippen molar-refractivity contribution in [2.45, 2.75) is 50.7 Å². The Labute approximate surface area is 122 Å². The van der Waals surface area contributed by atoms with Crippen LogP contribution in [0.15, 0.2) is 12.1 Å². The molecule has 0 spiro atoms. The second kappa shape index (κ2) is 7.59. The van der Waals surface area contributed by atoms with Crippen LogP contribution in [0.4, 0.5) is 19.0 Å². The Morgan fingerprint density at radius 1 is 1.05 bits per heavy atom. The molecular formula is C14H21F3N4. The van der Waals surface area contributed by atoms with Gasteiger partial charge in [-0.25, -0.2) is 0 Å². The Morgan fingerprint density at radius 2 is 1.81 bits per heavy atom. The van der Waals surface area contributed by atoms with Gasteiger partial charge in [-0.1, -0.05) is 19.3 Å². The molecule has 0 amide bonds. The van der Waals surface area contributed by atoms with Crippen molar-refractivity contribution in [3.8, 4) is 0 Å². The zero-order valence-corrected chi connectivity index (χ0v) is 11.9. The first-order valence-electron chi connectivity index (χ1n) is 7.44. The van der Waals surface area contributed by atoms with E-state index in [9.17, 15) is 13.2 Å². The molecule has 2 rings (SSSR count). The Bertz CT molecular complexity index is 413. The summed E-state index contributed by atoms with van der Waals surface area (Å²) in [6, 6.07) is 2.88. The van der Waals surface area contributed by atoms with E-state index < -0.39 is 11.9 Å². The summed E-state index contributed by atoms with van der Waals surface area (Å²) in [5.41, 5.74) is -0.966. The molecule has 1 aromatic rings. The summed E-state index contributed by atoms with van der Waals surface area (Å²) in [5.74, 6) is 0.376. The van der Waals surface area contributed by atoms with Crippen molar-refractivity contribution in [2.75, 3.05) is 18.4 Å². The highest BCUT2D eigenvalue weighted by Crippen LogP contribution is 2.27. The predicted molar refractivity (Wildman–Crippen MR) is 75.0 cm³/mol. The van der Waals surface area contributed by atoms with E-state index in [-0.39, 0.29) is 0 Å². The van der Waals surface area contributed by atoms with Gasteiger partial charge >= 0.3 is 6.18 Å². The van der Waals surface area contributed by atoms with Gasteiger partial charge in [0.1, 0.15) is 5.82 Å². The fourth-order valence-electron chi connectivity index (χ4n) is 2.50. The van der Waals surface area contributed by atoms with Gasteiger partial charge in [0, 0.05) is 12.6 Å². The van der Waals surface area contributed by atoms with Gasteiger partial charge < -0.3 is 10.6 Å². The van der Waals surface area contributed by atoms with Crippen LogP contribution in [0.2, 0.25) is 0 Å². The van der Waals surface area contributed by atoms with Crippen LogP contribution in [0, 0.1) is 0 Å². The molecule has 0 unspecified atom stereocenters. The van der Waals surface area contributed by atoms with Crippen LogP contribution in [0.25, 0.3) is 0 Å². The number of rotatable bonds is 6.